The SMILES string of the molecule is COc1cc(C(=O)NCC(=O)N(CCN(CCN(Cc2ccccc2)C(=O)CNC(=O)c2cc(OC)c(OC)c(OC)c2)CCN(Cc2ccccc2)C(=O)CNC(=O)c2cc(OC)c(OC)c(OC)c2)Cc2ccccc2)cc(OC)c1OC. The summed E-state index contributed by atoms with van der Waals surface area (Å²) in [7, 11) is 13.0. The van der Waals surface area contributed by atoms with Crippen LogP contribution in [0.15, 0.2) is 127 Å². The number of carbonyl (C=O) groups is 6. The molecular weight excluding hydrogens is 1090 g/mol. The largest absolute Gasteiger partial charge is 0.493 e. The van der Waals surface area contributed by atoms with Crippen LogP contribution in [0.5, 0.6) is 51.7 Å². The fourth-order valence-corrected chi connectivity index (χ4v) is 9.15. The van der Waals surface area contributed by atoms with E-state index in [4.69, 9.17) is 42.6 Å². The molecule has 85 heavy (non-hydrogen) atoms. The van der Waals surface area contributed by atoms with Gasteiger partial charge in [-0.05, 0) is 53.1 Å². The van der Waals surface area contributed by atoms with Gasteiger partial charge in [0.05, 0.1) is 83.6 Å². The van der Waals surface area contributed by atoms with E-state index < -0.39 is 35.4 Å². The van der Waals surface area contributed by atoms with Crippen LogP contribution in [-0.2, 0) is 34.0 Å². The van der Waals surface area contributed by atoms with Gasteiger partial charge in [0.1, 0.15) is 0 Å². The van der Waals surface area contributed by atoms with Crippen molar-refractivity contribution in [2.75, 3.05) is 123 Å². The molecule has 0 bridgehead atoms. The number of benzene rings is 6. The predicted octanol–water partition coefficient (Wildman–Crippen LogP) is 5.74. The molecule has 452 valence electrons. The average Bonchev–Trinajstić information content (AvgIpc) is 3.57. The number of hydrogen-bond donors (Lipinski definition) is 3. The van der Waals surface area contributed by atoms with Gasteiger partial charge in [0.2, 0.25) is 35.0 Å². The average molecular weight is 1170 g/mol. The van der Waals surface area contributed by atoms with Crippen molar-refractivity contribution in [2.45, 2.75) is 19.6 Å². The third-order valence-electron chi connectivity index (χ3n) is 13.7. The van der Waals surface area contributed by atoms with E-state index in [1.807, 2.05) is 95.9 Å². The van der Waals surface area contributed by atoms with Crippen LogP contribution in [0.1, 0.15) is 47.8 Å². The Morgan fingerprint density at radius 3 is 0.741 bits per heavy atom. The second-order valence-electron chi connectivity index (χ2n) is 19.0. The molecule has 0 aliphatic heterocycles. The van der Waals surface area contributed by atoms with E-state index in [0.29, 0.717) is 17.2 Å². The lowest BCUT2D eigenvalue weighted by molar-refractivity contribution is -0.131. The molecule has 0 aromatic heterocycles. The zero-order valence-corrected chi connectivity index (χ0v) is 49.5. The Bertz CT molecular complexity index is 2780. The van der Waals surface area contributed by atoms with Crippen LogP contribution < -0.4 is 58.6 Å². The minimum atomic E-state index is -0.556. The van der Waals surface area contributed by atoms with Gasteiger partial charge < -0.3 is 73.3 Å². The standard InChI is InChI=1S/C63H75N7O15/c1-77-49-31-46(32-50(78-2)58(49)83-7)61(74)64-37-55(71)68(40-43-19-13-10-14-20-43)28-25-67(26-29-69(41-44-21-15-11-16-22-44)56(72)38-65-62(75)47-33-51(79-3)59(84-8)52(34-47)80-4)27-30-70(42-45-23-17-12-18-24-45)57(73)39-66-63(76)48-35-53(81-5)60(85-9)54(36-48)82-6/h10-24,31-36H,25-30,37-42H2,1-9H3,(H,64,74)(H,65,75)(H,66,76). The number of nitrogens with one attached hydrogen (secondary N) is 3. The Kier molecular flexibility index (Phi) is 24.9. The first kappa shape index (κ1) is 64.5. The van der Waals surface area contributed by atoms with E-state index >= 15 is 0 Å². The fourth-order valence-electron chi connectivity index (χ4n) is 9.15. The van der Waals surface area contributed by atoms with Gasteiger partial charge in [-0.1, -0.05) is 91.0 Å². The van der Waals surface area contributed by atoms with E-state index in [9.17, 15) is 28.8 Å². The van der Waals surface area contributed by atoms with Crippen molar-refractivity contribution in [3.8, 4) is 51.7 Å². The summed E-state index contributed by atoms with van der Waals surface area (Å²) in [5, 5.41) is 8.27. The van der Waals surface area contributed by atoms with Gasteiger partial charge in [-0.25, -0.2) is 0 Å². The van der Waals surface area contributed by atoms with Gasteiger partial charge in [0, 0.05) is 75.6 Å². The molecule has 0 spiro atoms. The van der Waals surface area contributed by atoms with Crippen LogP contribution in [0, 0.1) is 0 Å². The summed E-state index contributed by atoms with van der Waals surface area (Å²) < 4.78 is 49.1. The molecule has 6 amide bonds. The van der Waals surface area contributed by atoms with E-state index in [0.717, 1.165) is 16.7 Å². The van der Waals surface area contributed by atoms with Crippen molar-refractivity contribution in [3.05, 3.63) is 161 Å². The van der Waals surface area contributed by atoms with Crippen molar-refractivity contribution in [1.29, 1.82) is 0 Å². The highest BCUT2D eigenvalue weighted by molar-refractivity contribution is 5.99. The summed E-state index contributed by atoms with van der Waals surface area (Å²) in [6.45, 7) is 0.558. The molecule has 6 aromatic carbocycles. The second-order valence-corrected chi connectivity index (χ2v) is 19.0. The summed E-state index contributed by atoms with van der Waals surface area (Å²) in [6, 6.07) is 37.2. The Hall–Kier alpha value is -9.70. The van der Waals surface area contributed by atoms with Crippen LogP contribution >= 0.6 is 0 Å². The topological polar surface area (TPSA) is 235 Å². The Morgan fingerprint density at radius 2 is 0.541 bits per heavy atom. The number of nitrogens with zero attached hydrogens (tertiary/aromatic N) is 4. The molecule has 0 radical (unpaired) electrons. The maximum atomic E-state index is 14.4. The summed E-state index contributed by atoms with van der Waals surface area (Å²) in [6.07, 6.45) is 0. The maximum absolute atomic E-state index is 14.4. The molecule has 3 N–H and O–H groups in total. The molecule has 0 aliphatic carbocycles. The number of hydrogen-bond acceptors (Lipinski definition) is 16. The predicted molar refractivity (Wildman–Crippen MR) is 317 cm³/mol. The molecule has 0 heterocycles. The van der Waals surface area contributed by atoms with Crippen LogP contribution in [0.25, 0.3) is 0 Å². The second kappa shape index (κ2) is 32.8. The van der Waals surface area contributed by atoms with Crippen LogP contribution in [-0.4, -0.2) is 178 Å². The van der Waals surface area contributed by atoms with Crippen molar-refractivity contribution in [2.24, 2.45) is 0 Å². The number of rotatable bonds is 33. The van der Waals surface area contributed by atoms with Gasteiger partial charge in [-0.3, -0.25) is 33.7 Å². The number of ether oxygens (including phenoxy) is 9. The molecule has 0 fully saturated rings. The molecule has 22 nitrogen and oxygen atoms in total. The van der Waals surface area contributed by atoms with E-state index in [2.05, 4.69) is 16.0 Å². The zero-order valence-electron chi connectivity index (χ0n) is 49.5. The van der Waals surface area contributed by atoms with Gasteiger partial charge in [-0.2, -0.15) is 0 Å². The Labute approximate surface area is 495 Å². The lowest BCUT2D eigenvalue weighted by atomic mass is 10.1. The molecule has 0 aliphatic rings. The molecule has 22 heteroatoms. The molecule has 0 atom stereocenters. The first-order valence-corrected chi connectivity index (χ1v) is 27.1. The number of amides is 6. The van der Waals surface area contributed by atoms with Crippen molar-refractivity contribution in [3.63, 3.8) is 0 Å². The lowest BCUT2D eigenvalue weighted by Crippen LogP contribution is -2.48. The molecule has 0 saturated carbocycles. The van der Waals surface area contributed by atoms with Crippen molar-refractivity contribution < 1.29 is 71.4 Å². The highest BCUT2D eigenvalue weighted by atomic mass is 16.5. The molecular formula is C63H75N7O15. The van der Waals surface area contributed by atoms with Crippen LogP contribution in [0.4, 0.5) is 0 Å². The number of carbonyl (C=O) groups excluding carboxylic acids is 6. The monoisotopic (exact) mass is 1170 g/mol. The third-order valence-corrected chi connectivity index (χ3v) is 13.7. The lowest BCUT2D eigenvalue weighted by Gasteiger charge is -2.32. The summed E-state index contributed by atoms with van der Waals surface area (Å²) in [5.74, 6) is -0.368. The molecule has 0 saturated heterocycles. The first-order valence-electron chi connectivity index (χ1n) is 27.1. The normalized spacial score (nSPS) is 10.7. The van der Waals surface area contributed by atoms with Gasteiger partial charge in [-0.15, -0.1) is 0 Å². The smallest absolute Gasteiger partial charge is 0.251 e. The van der Waals surface area contributed by atoms with Crippen LogP contribution in [0.3, 0.4) is 0 Å². The van der Waals surface area contributed by atoms with Crippen molar-refractivity contribution in [1.82, 2.24) is 35.6 Å². The van der Waals surface area contributed by atoms with Crippen LogP contribution in [0.2, 0.25) is 0 Å². The quantitative estimate of drug-likeness (QED) is 0.0446. The summed E-state index contributed by atoms with van der Waals surface area (Å²) >= 11 is 0. The maximum Gasteiger partial charge on any atom is 0.251 e. The summed E-state index contributed by atoms with van der Waals surface area (Å²) in [5.41, 5.74) is 3.02. The van der Waals surface area contributed by atoms with E-state index in [1.165, 1.54) is 100 Å². The first-order chi connectivity index (χ1) is 41.2. The van der Waals surface area contributed by atoms with Crippen molar-refractivity contribution >= 4 is 35.4 Å². The summed E-state index contributed by atoms with van der Waals surface area (Å²) in [4.78, 5) is 91.3. The highest BCUT2D eigenvalue weighted by Crippen LogP contribution is 2.40. The van der Waals surface area contributed by atoms with Gasteiger partial charge in [0.15, 0.2) is 34.5 Å². The fraction of sp³-hybridized carbons (Fsp3) is 0.333. The number of methoxy groups -OCH3 is 9. The zero-order chi connectivity index (χ0) is 61.3. The minimum Gasteiger partial charge on any atom is -0.493 e. The molecule has 6 rings (SSSR count). The minimum absolute atomic E-state index is 0.142. The third kappa shape index (κ3) is 18.1. The highest BCUT2D eigenvalue weighted by Gasteiger charge is 2.26. The van der Waals surface area contributed by atoms with E-state index in [-0.39, 0.29) is 130 Å². The molecule has 6 aromatic rings. The molecule has 0 unspecified atom stereocenters. The van der Waals surface area contributed by atoms with Gasteiger partial charge >= 0.3 is 0 Å². The van der Waals surface area contributed by atoms with Gasteiger partial charge in [0.25, 0.3) is 17.7 Å². The Balaban J connectivity index is 1.28. The Morgan fingerprint density at radius 1 is 0.318 bits per heavy atom. The van der Waals surface area contributed by atoms with E-state index in [1.54, 1.807) is 14.7 Å².